The van der Waals surface area contributed by atoms with Gasteiger partial charge in [0.15, 0.2) is 0 Å². The highest BCUT2D eigenvalue weighted by atomic mass is 32.2. The second-order valence-corrected chi connectivity index (χ2v) is 8.27. The number of nitrogen functional groups attached to an aromatic ring is 1. The Morgan fingerprint density at radius 3 is 2.74 bits per heavy atom. The standard InChI is InChI=1S/C13H20N2O2S2/c1-13(6-3-7-13)15-19(16,17)9-8-18-12-5-2-4-11(14)10-12/h2,4-5,10,15H,3,6-9,14H2,1H3. The molecule has 6 heteroatoms. The molecule has 4 nitrogen and oxygen atoms in total. The fraction of sp³-hybridized carbons (Fsp3) is 0.538. The molecule has 0 bridgehead atoms. The maximum Gasteiger partial charge on any atom is 0.212 e. The summed E-state index contributed by atoms with van der Waals surface area (Å²) in [5.41, 5.74) is 6.18. The van der Waals surface area contributed by atoms with Gasteiger partial charge in [-0.15, -0.1) is 11.8 Å². The number of anilines is 1. The van der Waals surface area contributed by atoms with Crippen molar-refractivity contribution < 1.29 is 8.42 Å². The van der Waals surface area contributed by atoms with E-state index in [1.807, 2.05) is 31.2 Å². The first-order valence-corrected chi connectivity index (χ1v) is 9.02. The van der Waals surface area contributed by atoms with Crippen LogP contribution in [-0.2, 0) is 10.0 Å². The Kier molecular flexibility index (Phi) is 4.43. The van der Waals surface area contributed by atoms with E-state index < -0.39 is 10.0 Å². The molecule has 1 aromatic carbocycles. The second-order valence-electron chi connectivity index (χ2n) is 5.26. The van der Waals surface area contributed by atoms with E-state index in [2.05, 4.69) is 4.72 Å². The minimum atomic E-state index is -3.18. The Bertz CT molecular complexity index is 539. The maximum atomic E-state index is 11.9. The van der Waals surface area contributed by atoms with Gasteiger partial charge < -0.3 is 5.73 Å². The summed E-state index contributed by atoms with van der Waals surface area (Å²) < 4.78 is 26.7. The number of nitrogens with one attached hydrogen (secondary N) is 1. The Morgan fingerprint density at radius 1 is 1.42 bits per heavy atom. The summed E-state index contributed by atoms with van der Waals surface area (Å²) >= 11 is 1.51. The molecule has 0 aromatic heterocycles. The van der Waals surface area contributed by atoms with Crippen molar-refractivity contribution in [2.24, 2.45) is 0 Å². The molecule has 1 fully saturated rings. The van der Waals surface area contributed by atoms with Crippen LogP contribution in [0.25, 0.3) is 0 Å². The summed E-state index contributed by atoms with van der Waals surface area (Å²) in [5, 5.41) is 0. The van der Waals surface area contributed by atoms with Gasteiger partial charge in [-0.25, -0.2) is 13.1 Å². The van der Waals surface area contributed by atoms with Crippen LogP contribution >= 0.6 is 11.8 Å². The van der Waals surface area contributed by atoms with Gasteiger partial charge in [-0.2, -0.15) is 0 Å². The van der Waals surface area contributed by atoms with Crippen LogP contribution in [0.3, 0.4) is 0 Å². The Hall–Kier alpha value is -0.720. The largest absolute Gasteiger partial charge is 0.399 e. The molecular weight excluding hydrogens is 280 g/mol. The van der Waals surface area contributed by atoms with Gasteiger partial charge in [0.2, 0.25) is 10.0 Å². The fourth-order valence-corrected chi connectivity index (χ4v) is 5.01. The first kappa shape index (κ1) is 14.7. The average molecular weight is 300 g/mol. The average Bonchev–Trinajstić information content (AvgIpc) is 2.26. The van der Waals surface area contributed by atoms with E-state index in [0.717, 1.165) is 24.2 Å². The maximum absolute atomic E-state index is 11.9. The molecule has 1 aliphatic rings. The van der Waals surface area contributed by atoms with Gasteiger partial charge in [0.25, 0.3) is 0 Å². The summed E-state index contributed by atoms with van der Waals surface area (Å²) in [6.07, 6.45) is 2.99. The van der Waals surface area contributed by atoms with E-state index in [4.69, 9.17) is 5.73 Å². The zero-order valence-corrected chi connectivity index (χ0v) is 12.7. The van der Waals surface area contributed by atoms with Crippen molar-refractivity contribution in [1.82, 2.24) is 4.72 Å². The summed E-state index contributed by atoms with van der Waals surface area (Å²) in [5.74, 6) is 0.678. The summed E-state index contributed by atoms with van der Waals surface area (Å²) in [6, 6.07) is 7.49. The summed E-state index contributed by atoms with van der Waals surface area (Å²) in [4.78, 5) is 1.00. The lowest BCUT2D eigenvalue weighted by atomic mass is 9.80. The van der Waals surface area contributed by atoms with Gasteiger partial charge in [-0.1, -0.05) is 6.07 Å². The first-order valence-electron chi connectivity index (χ1n) is 6.39. The molecular formula is C13H20N2O2S2. The molecule has 0 saturated heterocycles. The van der Waals surface area contributed by atoms with E-state index >= 15 is 0 Å². The molecule has 0 aliphatic heterocycles. The lowest BCUT2D eigenvalue weighted by Gasteiger charge is -2.38. The number of rotatable bonds is 6. The van der Waals surface area contributed by atoms with Crippen molar-refractivity contribution in [3.8, 4) is 0 Å². The molecule has 0 heterocycles. The molecule has 106 valence electrons. The third-order valence-electron chi connectivity index (χ3n) is 3.34. The third-order valence-corrected chi connectivity index (χ3v) is 6.14. The van der Waals surface area contributed by atoms with E-state index in [1.54, 1.807) is 0 Å². The van der Waals surface area contributed by atoms with E-state index in [-0.39, 0.29) is 11.3 Å². The molecule has 0 spiro atoms. The summed E-state index contributed by atoms with van der Waals surface area (Å²) in [7, 11) is -3.18. The van der Waals surface area contributed by atoms with Gasteiger partial charge in [0, 0.05) is 21.9 Å². The van der Waals surface area contributed by atoms with Crippen LogP contribution in [0.5, 0.6) is 0 Å². The van der Waals surface area contributed by atoms with Crippen molar-refractivity contribution >= 4 is 27.5 Å². The molecule has 1 aliphatic carbocycles. The molecule has 1 aromatic rings. The normalized spacial score (nSPS) is 17.9. The molecule has 1 saturated carbocycles. The third kappa shape index (κ3) is 4.40. The quantitative estimate of drug-likeness (QED) is 0.624. The van der Waals surface area contributed by atoms with Crippen molar-refractivity contribution in [2.45, 2.75) is 36.6 Å². The van der Waals surface area contributed by atoms with Crippen molar-refractivity contribution in [2.75, 3.05) is 17.2 Å². The Morgan fingerprint density at radius 2 is 2.16 bits per heavy atom. The van der Waals surface area contributed by atoms with Crippen LogP contribution < -0.4 is 10.5 Å². The van der Waals surface area contributed by atoms with E-state index in [1.165, 1.54) is 11.8 Å². The number of benzene rings is 1. The van der Waals surface area contributed by atoms with Crippen molar-refractivity contribution in [3.05, 3.63) is 24.3 Å². The number of hydrogen-bond acceptors (Lipinski definition) is 4. The predicted molar refractivity (Wildman–Crippen MR) is 80.8 cm³/mol. The molecule has 0 unspecified atom stereocenters. The first-order chi connectivity index (χ1) is 8.89. The minimum absolute atomic E-state index is 0.141. The topological polar surface area (TPSA) is 72.2 Å². The molecule has 0 atom stereocenters. The lowest BCUT2D eigenvalue weighted by Crippen LogP contribution is -2.51. The fourth-order valence-electron chi connectivity index (χ4n) is 2.11. The monoisotopic (exact) mass is 300 g/mol. The summed E-state index contributed by atoms with van der Waals surface area (Å²) in [6.45, 7) is 1.97. The van der Waals surface area contributed by atoms with Crippen LogP contribution in [0.1, 0.15) is 26.2 Å². The zero-order chi connectivity index (χ0) is 13.9. The Labute approximate surface area is 119 Å². The van der Waals surface area contributed by atoms with E-state index in [0.29, 0.717) is 11.4 Å². The molecule has 0 amide bonds. The molecule has 2 rings (SSSR count). The predicted octanol–water partition coefficient (Wildman–Crippen LogP) is 2.22. The van der Waals surface area contributed by atoms with Crippen molar-refractivity contribution in [1.29, 1.82) is 0 Å². The number of nitrogens with two attached hydrogens (primary N) is 1. The minimum Gasteiger partial charge on any atom is -0.399 e. The molecule has 0 radical (unpaired) electrons. The highest BCUT2D eigenvalue weighted by Gasteiger charge is 2.35. The lowest BCUT2D eigenvalue weighted by molar-refractivity contribution is 0.248. The Balaban J connectivity index is 1.81. The SMILES string of the molecule is CC1(NS(=O)(=O)CCSc2cccc(N)c2)CCC1. The van der Waals surface area contributed by atoms with Gasteiger partial charge in [0.05, 0.1) is 5.75 Å². The van der Waals surface area contributed by atoms with Crippen molar-refractivity contribution in [3.63, 3.8) is 0 Å². The van der Waals surface area contributed by atoms with E-state index in [9.17, 15) is 8.42 Å². The van der Waals surface area contributed by atoms with Crippen LogP contribution in [0.4, 0.5) is 5.69 Å². The smallest absolute Gasteiger partial charge is 0.212 e. The van der Waals surface area contributed by atoms with Gasteiger partial charge >= 0.3 is 0 Å². The van der Waals surface area contributed by atoms with Crippen LogP contribution in [0, 0.1) is 0 Å². The number of thioether (sulfide) groups is 1. The van der Waals surface area contributed by atoms with Crippen LogP contribution in [-0.4, -0.2) is 25.5 Å². The van der Waals surface area contributed by atoms with Gasteiger partial charge in [0.1, 0.15) is 0 Å². The van der Waals surface area contributed by atoms with Gasteiger partial charge in [-0.3, -0.25) is 0 Å². The van der Waals surface area contributed by atoms with Crippen LogP contribution in [0.2, 0.25) is 0 Å². The molecule has 3 N–H and O–H groups in total. The van der Waals surface area contributed by atoms with Crippen LogP contribution in [0.15, 0.2) is 29.2 Å². The highest BCUT2D eigenvalue weighted by Crippen LogP contribution is 2.31. The zero-order valence-electron chi connectivity index (χ0n) is 11.1. The number of hydrogen-bond donors (Lipinski definition) is 2. The second kappa shape index (κ2) is 5.73. The highest BCUT2D eigenvalue weighted by molar-refractivity contribution is 8.00. The van der Waals surface area contributed by atoms with Gasteiger partial charge in [-0.05, 0) is 44.4 Å². The number of sulfonamides is 1. The molecule has 19 heavy (non-hydrogen) atoms.